The van der Waals surface area contributed by atoms with E-state index in [0.717, 1.165) is 18.4 Å². The summed E-state index contributed by atoms with van der Waals surface area (Å²) in [5.74, 6) is -0.543. The average Bonchev–Trinajstić information content (AvgIpc) is 3.31. The number of carbonyl (C=O) groups excluding carboxylic acids is 2. The van der Waals surface area contributed by atoms with E-state index >= 15 is 0 Å². The van der Waals surface area contributed by atoms with Crippen molar-refractivity contribution in [3.8, 4) is 0 Å². The summed E-state index contributed by atoms with van der Waals surface area (Å²) in [5, 5.41) is 6.10. The molecule has 0 bridgehead atoms. The Balaban J connectivity index is 1.76. The predicted octanol–water partition coefficient (Wildman–Crippen LogP) is 1.20. The zero-order chi connectivity index (χ0) is 15.1. The van der Waals surface area contributed by atoms with Crippen molar-refractivity contribution in [3.05, 3.63) is 35.9 Å². The minimum atomic E-state index is -0.345. The van der Waals surface area contributed by atoms with Gasteiger partial charge in [-0.15, -0.1) is 0 Å². The minimum absolute atomic E-state index is 0.0688. The van der Waals surface area contributed by atoms with Gasteiger partial charge in [-0.1, -0.05) is 30.3 Å². The van der Waals surface area contributed by atoms with E-state index in [4.69, 9.17) is 4.74 Å². The van der Waals surface area contributed by atoms with Gasteiger partial charge in [0.1, 0.15) is 0 Å². The normalized spacial score (nSPS) is 15.3. The number of hydrogen-bond donors (Lipinski definition) is 2. The van der Waals surface area contributed by atoms with Crippen molar-refractivity contribution in [1.29, 1.82) is 0 Å². The molecule has 0 aliphatic heterocycles. The number of esters is 1. The van der Waals surface area contributed by atoms with Gasteiger partial charge in [-0.25, -0.2) is 0 Å². The van der Waals surface area contributed by atoms with Gasteiger partial charge in [0.05, 0.1) is 13.0 Å². The fraction of sp³-hybridized carbons (Fsp3) is 0.500. The summed E-state index contributed by atoms with van der Waals surface area (Å²) >= 11 is 0. The zero-order valence-corrected chi connectivity index (χ0v) is 12.3. The van der Waals surface area contributed by atoms with Crippen LogP contribution >= 0.6 is 0 Å². The maximum Gasteiger partial charge on any atom is 0.314 e. The number of amides is 1. The lowest BCUT2D eigenvalue weighted by Gasteiger charge is -2.15. The fourth-order valence-corrected chi connectivity index (χ4v) is 2.14. The molecule has 1 atom stereocenters. The predicted molar refractivity (Wildman–Crippen MR) is 79.9 cm³/mol. The maximum absolute atomic E-state index is 11.9. The highest BCUT2D eigenvalue weighted by molar-refractivity contribution is 5.78. The molecule has 2 rings (SSSR count). The maximum atomic E-state index is 11.9. The van der Waals surface area contributed by atoms with Crippen LogP contribution in [0.15, 0.2) is 30.3 Å². The highest BCUT2D eigenvalue weighted by Crippen LogP contribution is 2.18. The molecule has 0 saturated heterocycles. The third-order valence-electron chi connectivity index (χ3n) is 3.51. The van der Waals surface area contributed by atoms with Gasteiger partial charge in [-0.2, -0.15) is 0 Å². The number of hydrogen-bond acceptors (Lipinski definition) is 4. The van der Waals surface area contributed by atoms with E-state index in [1.165, 1.54) is 7.11 Å². The molecular weight excluding hydrogens is 268 g/mol. The molecule has 1 amide bonds. The Morgan fingerprint density at radius 2 is 2.00 bits per heavy atom. The molecule has 0 radical (unpaired) electrons. The van der Waals surface area contributed by atoms with Crippen molar-refractivity contribution in [2.24, 2.45) is 0 Å². The van der Waals surface area contributed by atoms with Crippen LogP contribution in [0.25, 0.3) is 0 Å². The lowest BCUT2D eigenvalue weighted by atomic mass is 9.99. The monoisotopic (exact) mass is 290 g/mol. The lowest BCUT2D eigenvalue weighted by Crippen LogP contribution is -2.32. The van der Waals surface area contributed by atoms with Crippen LogP contribution in [0, 0.1) is 0 Å². The molecule has 0 spiro atoms. The second-order valence-electron chi connectivity index (χ2n) is 5.28. The molecule has 5 nitrogen and oxygen atoms in total. The highest BCUT2D eigenvalue weighted by atomic mass is 16.5. The van der Waals surface area contributed by atoms with Crippen molar-refractivity contribution in [2.75, 3.05) is 20.2 Å². The Labute approximate surface area is 125 Å². The molecular formula is C16H22N2O3. The van der Waals surface area contributed by atoms with Crippen molar-refractivity contribution >= 4 is 11.9 Å². The summed E-state index contributed by atoms with van der Waals surface area (Å²) in [6, 6.07) is 9.91. The minimum Gasteiger partial charge on any atom is -0.469 e. The first-order chi connectivity index (χ1) is 10.2. The summed E-state index contributed by atoms with van der Waals surface area (Å²) < 4.78 is 4.85. The largest absolute Gasteiger partial charge is 0.469 e. The van der Waals surface area contributed by atoms with Gasteiger partial charge in [-0.3, -0.25) is 9.59 Å². The van der Waals surface area contributed by atoms with Crippen LogP contribution in [0.3, 0.4) is 0 Å². The molecule has 114 valence electrons. The van der Waals surface area contributed by atoms with Gasteiger partial charge in [-0.05, 0) is 18.4 Å². The van der Waals surface area contributed by atoms with Gasteiger partial charge in [0.15, 0.2) is 0 Å². The van der Waals surface area contributed by atoms with Crippen molar-refractivity contribution in [1.82, 2.24) is 10.6 Å². The Morgan fingerprint density at radius 3 is 2.62 bits per heavy atom. The van der Waals surface area contributed by atoms with E-state index in [-0.39, 0.29) is 17.8 Å². The molecule has 5 heteroatoms. The summed E-state index contributed by atoms with van der Waals surface area (Å²) in [4.78, 5) is 23.4. The Hall–Kier alpha value is -1.88. The molecule has 0 heterocycles. The smallest absolute Gasteiger partial charge is 0.314 e. The Kier molecular flexibility index (Phi) is 5.75. The molecule has 1 saturated carbocycles. The first-order valence-electron chi connectivity index (χ1n) is 7.33. The molecule has 2 N–H and O–H groups in total. The molecule has 21 heavy (non-hydrogen) atoms. The second kappa shape index (κ2) is 7.78. The SMILES string of the molecule is COC(=O)C(CNCCC(=O)NC1CC1)c1ccccc1. The molecule has 1 aliphatic rings. The second-order valence-corrected chi connectivity index (χ2v) is 5.28. The molecule has 1 aromatic rings. The van der Waals surface area contributed by atoms with E-state index in [2.05, 4.69) is 10.6 Å². The molecule has 0 aromatic heterocycles. The number of nitrogens with one attached hydrogen (secondary N) is 2. The van der Waals surface area contributed by atoms with Gasteiger partial charge >= 0.3 is 5.97 Å². The highest BCUT2D eigenvalue weighted by Gasteiger charge is 2.23. The van der Waals surface area contributed by atoms with E-state index in [9.17, 15) is 9.59 Å². The topological polar surface area (TPSA) is 67.4 Å². The number of carbonyl (C=O) groups is 2. The molecule has 1 aromatic carbocycles. The number of benzene rings is 1. The third-order valence-corrected chi connectivity index (χ3v) is 3.51. The van der Waals surface area contributed by atoms with Crippen LogP contribution in [0.2, 0.25) is 0 Å². The fourth-order valence-electron chi connectivity index (χ4n) is 2.14. The first kappa shape index (κ1) is 15.5. The zero-order valence-electron chi connectivity index (χ0n) is 12.3. The van der Waals surface area contributed by atoms with Crippen LogP contribution < -0.4 is 10.6 Å². The van der Waals surface area contributed by atoms with Crippen LogP contribution in [-0.4, -0.2) is 38.1 Å². The Bertz CT molecular complexity index is 472. The van der Waals surface area contributed by atoms with Gasteiger partial charge in [0.2, 0.25) is 5.91 Å². The first-order valence-corrected chi connectivity index (χ1v) is 7.33. The number of ether oxygens (including phenoxy) is 1. The quantitative estimate of drug-likeness (QED) is 0.558. The van der Waals surface area contributed by atoms with Crippen LogP contribution in [0.1, 0.15) is 30.7 Å². The van der Waals surface area contributed by atoms with Crippen LogP contribution in [0.4, 0.5) is 0 Å². The summed E-state index contributed by atoms with van der Waals surface area (Å²) in [5.41, 5.74) is 0.916. The number of rotatable bonds is 8. The van der Waals surface area contributed by atoms with E-state index in [1.807, 2.05) is 30.3 Å². The Morgan fingerprint density at radius 1 is 1.29 bits per heavy atom. The van der Waals surface area contributed by atoms with Crippen LogP contribution in [-0.2, 0) is 14.3 Å². The molecule has 1 aliphatic carbocycles. The molecule has 1 fully saturated rings. The lowest BCUT2D eigenvalue weighted by molar-refractivity contribution is -0.142. The number of methoxy groups -OCH3 is 1. The van der Waals surface area contributed by atoms with E-state index in [0.29, 0.717) is 25.6 Å². The van der Waals surface area contributed by atoms with Gasteiger partial charge < -0.3 is 15.4 Å². The summed E-state index contributed by atoms with van der Waals surface area (Å²) in [7, 11) is 1.39. The third kappa shape index (κ3) is 5.19. The standard InChI is InChI=1S/C16H22N2O3/c1-21-16(20)14(12-5-3-2-4-6-12)11-17-10-9-15(19)18-13-7-8-13/h2-6,13-14,17H,7-11H2,1H3,(H,18,19). The summed E-state index contributed by atoms with van der Waals surface area (Å²) in [6.45, 7) is 1.02. The van der Waals surface area contributed by atoms with Gasteiger partial charge in [0.25, 0.3) is 0 Å². The van der Waals surface area contributed by atoms with Gasteiger partial charge in [0, 0.05) is 25.6 Å². The van der Waals surface area contributed by atoms with Crippen molar-refractivity contribution in [2.45, 2.75) is 31.2 Å². The van der Waals surface area contributed by atoms with Crippen molar-refractivity contribution < 1.29 is 14.3 Å². The van der Waals surface area contributed by atoms with E-state index in [1.54, 1.807) is 0 Å². The van der Waals surface area contributed by atoms with Crippen molar-refractivity contribution in [3.63, 3.8) is 0 Å². The van der Waals surface area contributed by atoms with E-state index < -0.39 is 0 Å². The molecule has 1 unspecified atom stereocenters. The average molecular weight is 290 g/mol. The summed E-state index contributed by atoms with van der Waals surface area (Å²) in [6.07, 6.45) is 2.62. The van der Waals surface area contributed by atoms with Crippen LogP contribution in [0.5, 0.6) is 0 Å².